The minimum atomic E-state index is -0.750. The first-order chi connectivity index (χ1) is 15.4. The summed E-state index contributed by atoms with van der Waals surface area (Å²) >= 11 is 14.9. The number of hydrogen-bond donors (Lipinski definition) is 1. The molecule has 1 aliphatic rings. The van der Waals surface area contributed by atoms with Gasteiger partial charge in [0.05, 0.1) is 11.6 Å². The van der Waals surface area contributed by atoms with E-state index >= 15 is 0 Å². The Hall–Kier alpha value is -2.39. The van der Waals surface area contributed by atoms with Crippen LogP contribution in [-0.4, -0.2) is 27.6 Å². The molecule has 6 nitrogen and oxygen atoms in total. The Morgan fingerprint density at radius 1 is 1.09 bits per heavy atom. The van der Waals surface area contributed by atoms with Gasteiger partial charge < -0.3 is 5.73 Å². The second-order valence-electron chi connectivity index (χ2n) is 6.99. The van der Waals surface area contributed by atoms with Crippen molar-refractivity contribution < 1.29 is 9.59 Å². The third kappa shape index (κ3) is 4.41. The lowest BCUT2D eigenvalue weighted by Gasteiger charge is -2.24. The highest BCUT2D eigenvalue weighted by Gasteiger charge is 2.44. The van der Waals surface area contributed by atoms with Crippen LogP contribution in [-0.2, 0) is 4.79 Å². The molecule has 2 aromatic carbocycles. The van der Waals surface area contributed by atoms with Crippen LogP contribution in [0.25, 0.3) is 0 Å². The first-order valence-electron chi connectivity index (χ1n) is 9.76. The molecule has 0 spiro atoms. The lowest BCUT2D eigenvalue weighted by atomic mass is 9.92. The number of carbonyl (C=O) groups excluding carboxylic acids is 2. The summed E-state index contributed by atoms with van der Waals surface area (Å²) in [4.78, 5) is 28.2. The average molecular weight is 505 g/mol. The van der Waals surface area contributed by atoms with Crippen LogP contribution >= 0.6 is 46.3 Å². The van der Waals surface area contributed by atoms with Crippen molar-refractivity contribution in [3.05, 3.63) is 81.0 Å². The van der Waals surface area contributed by atoms with Crippen molar-refractivity contribution >= 4 is 63.1 Å². The molecule has 0 fully saturated rings. The molecule has 4 rings (SSSR count). The zero-order valence-electron chi connectivity index (χ0n) is 16.9. The van der Waals surface area contributed by atoms with Crippen LogP contribution < -0.4 is 10.6 Å². The molecule has 1 amide bonds. The summed E-state index contributed by atoms with van der Waals surface area (Å²) in [5.41, 5.74) is 7.39. The van der Waals surface area contributed by atoms with E-state index in [-0.39, 0.29) is 17.1 Å². The van der Waals surface area contributed by atoms with Gasteiger partial charge in [0, 0.05) is 21.4 Å². The first-order valence-corrected chi connectivity index (χ1v) is 12.3. The van der Waals surface area contributed by atoms with Gasteiger partial charge in [0.15, 0.2) is 10.1 Å². The fraction of sp³-hybridized carbons (Fsp3) is 0.182. The molecule has 0 aliphatic carbocycles. The smallest absolute Gasteiger partial charge is 0.277 e. The Kier molecular flexibility index (Phi) is 6.85. The first kappa shape index (κ1) is 22.8. The summed E-state index contributed by atoms with van der Waals surface area (Å²) in [6.45, 7) is 2.08. The summed E-state index contributed by atoms with van der Waals surface area (Å²) in [5, 5.41) is 9.85. The third-order valence-corrected chi connectivity index (χ3v) is 7.60. The van der Waals surface area contributed by atoms with Gasteiger partial charge in [-0.15, -0.1) is 10.2 Å². The van der Waals surface area contributed by atoms with E-state index in [0.717, 1.165) is 16.5 Å². The van der Waals surface area contributed by atoms with Gasteiger partial charge in [-0.3, -0.25) is 14.5 Å². The number of nitrogens with two attached hydrogens (primary N) is 1. The predicted octanol–water partition coefficient (Wildman–Crippen LogP) is 5.53. The molecule has 0 bridgehead atoms. The highest BCUT2D eigenvalue weighted by atomic mass is 35.5. The molecule has 0 saturated carbocycles. The van der Waals surface area contributed by atoms with E-state index < -0.39 is 11.9 Å². The van der Waals surface area contributed by atoms with Crippen LogP contribution in [0.3, 0.4) is 0 Å². The van der Waals surface area contributed by atoms with E-state index in [1.165, 1.54) is 16.2 Å². The number of aromatic nitrogens is 2. The van der Waals surface area contributed by atoms with Crippen LogP contribution in [0.5, 0.6) is 0 Å². The maximum atomic E-state index is 13.5. The number of carbonyl (C=O) groups is 2. The summed E-state index contributed by atoms with van der Waals surface area (Å²) in [6.07, 6.45) is 0.990. The van der Waals surface area contributed by atoms with Crippen LogP contribution in [0.15, 0.2) is 64.1 Å². The fourth-order valence-corrected chi connectivity index (χ4v) is 5.39. The van der Waals surface area contributed by atoms with E-state index in [1.54, 1.807) is 60.3 Å². The topological polar surface area (TPSA) is 89.2 Å². The Morgan fingerprint density at radius 3 is 2.34 bits per heavy atom. The molecule has 1 unspecified atom stereocenters. The van der Waals surface area contributed by atoms with Crippen molar-refractivity contribution in [1.82, 2.24) is 10.2 Å². The maximum absolute atomic E-state index is 13.5. The molecule has 3 aromatic rings. The number of halogens is 2. The van der Waals surface area contributed by atoms with Gasteiger partial charge in [0.25, 0.3) is 5.91 Å². The summed E-state index contributed by atoms with van der Waals surface area (Å²) in [7, 11) is 0. The average Bonchev–Trinajstić information content (AvgIpc) is 3.35. The zero-order valence-corrected chi connectivity index (χ0v) is 20.1. The Balaban J connectivity index is 1.80. The molecule has 32 heavy (non-hydrogen) atoms. The molecule has 1 atom stereocenters. The number of thioether (sulfide) groups is 1. The number of nitrogens with zero attached hydrogens (tertiary/aromatic N) is 3. The number of Topliss-reactive ketones (excluding diaryl/α,β-unsaturated/α-hetero) is 1. The molecule has 164 valence electrons. The van der Waals surface area contributed by atoms with Gasteiger partial charge in [-0.05, 0) is 48.4 Å². The molecule has 2 N–H and O–H groups in total. The largest absolute Gasteiger partial charge is 0.394 e. The minimum absolute atomic E-state index is 0.108. The van der Waals surface area contributed by atoms with E-state index in [2.05, 4.69) is 17.1 Å². The number of hydrogen-bond acceptors (Lipinski definition) is 7. The predicted molar refractivity (Wildman–Crippen MR) is 130 cm³/mol. The normalized spacial score (nSPS) is 16.2. The van der Waals surface area contributed by atoms with E-state index in [1.807, 2.05) is 0 Å². The zero-order chi connectivity index (χ0) is 22.8. The second-order valence-corrected chi connectivity index (χ2v) is 10.2. The standard InChI is InChI=1S/C22H18Cl2N4O2S2/c1-2-11-31-22-27-26-21(32-22)28-18(12-3-7-14(23)8-4-12)16(17(25)20(28)30)19(29)13-5-9-15(24)10-6-13/h3-10,18H,2,11,25H2,1H3. The maximum Gasteiger partial charge on any atom is 0.277 e. The second kappa shape index (κ2) is 9.62. The lowest BCUT2D eigenvalue weighted by molar-refractivity contribution is -0.114. The fourth-order valence-electron chi connectivity index (χ4n) is 3.35. The van der Waals surface area contributed by atoms with Crippen LogP contribution in [0.4, 0.5) is 5.13 Å². The van der Waals surface area contributed by atoms with Crippen molar-refractivity contribution in [3.63, 3.8) is 0 Å². The third-order valence-electron chi connectivity index (χ3n) is 4.84. The molecule has 1 aliphatic heterocycles. The number of anilines is 1. The molecular weight excluding hydrogens is 487 g/mol. The van der Waals surface area contributed by atoms with Gasteiger partial charge >= 0.3 is 0 Å². The molecule has 10 heteroatoms. The number of rotatable bonds is 7. The van der Waals surface area contributed by atoms with Gasteiger partial charge in [-0.25, -0.2) is 0 Å². The van der Waals surface area contributed by atoms with Crippen LogP contribution in [0.2, 0.25) is 10.0 Å². The van der Waals surface area contributed by atoms with Crippen molar-refractivity contribution in [2.24, 2.45) is 5.73 Å². The SMILES string of the molecule is CCCSc1nnc(N2C(=O)C(N)=C(C(=O)c3ccc(Cl)cc3)C2c2ccc(Cl)cc2)s1. The van der Waals surface area contributed by atoms with Gasteiger partial charge in [0.2, 0.25) is 5.13 Å². The Morgan fingerprint density at radius 2 is 1.72 bits per heavy atom. The molecular formula is C22H18Cl2N4O2S2. The van der Waals surface area contributed by atoms with Crippen molar-refractivity contribution in [2.75, 3.05) is 10.7 Å². The molecule has 0 radical (unpaired) electrons. The molecule has 2 heterocycles. The summed E-state index contributed by atoms with van der Waals surface area (Å²) in [5.74, 6) is 0.0645. The monoisotopic (exact) mass is 504 g/mol. The Bertz CT molecular complexity index is 1190. The van der Waals surface area contributed by atoms with E-state index in [0.29, 0.717) is 26.3 Å². The van der Waals surface area contributed by atoms with E-state index in [4.69, 9.17) is 28.9 Å². The van der Waals surface area contributed by atoms with Gasteiger partial charge in [-0.2, -0.15) is 0 Å². The van der Waals surface area contributed by atoms with Crippen molar-refractivity contribution in [3.8, 4) is 0 Å². The highest BCUT2D eigenvalue weighted by Crippen LogP contribution is 2.43. The number of amides is 1. The summed E-state index contributed by atoms with van der Waals surface area (Å²) < 4.78 is 0.751. The van der Waals surface area contributed by atoms with E-state index in [9.17, 15) is 9.59 Å². The van der Waals surface area contributed by atoms with Crippen molar-refractivity contribution in [2.45, 2.75) is 23.7 Å². The number of benzene rings is 2. The summed E-state index contributed by atoms with van der Waals surface area (Å²) in [6, 6.07) is 12.7. The van der Waals surface area contributed by atoms with Crippen molar-refractivity contribution in [1.29, 1.82) is 0 Å². The van der Waals surface area contributed by atoms with Gasteiger partial charge in [0.1, 0.15) is 5.70 Å². The minimum Gasteiger partial charge on any atom is -0.394 e. The number of ketones is 1. The quantitative estimate of drug-likeness (QED) is 0.258. The van der Waals surface area contributed by atoms with Gasteiger partial charge in [-0.1, -0.05) is 65.4 Å². The molecule has 0 saturated heterocycles. The van der Waals surface area contributed by atoms with Crippen LogP contribution in [0.1, 0.15) is 35.3 Å². The van der Waals surface area contributed by atoms with Crippen LogP contribution in [0, 0.1) is 0 Å². The lowest BCUT2D eigenvalue weighted by Crippen LogP contribution is -2.31. The Labute approximate surface area is 203 Å². The molecule has 1 aromatic heterocycles. The highest BCUT2D eigenvalue weighted by molar-refractivity contribution is 8.01.